The van der Waals surface area contributed by atoms with Gasteiger partial charge >= 0.3 is 0 Å². The van der Waals surface area contributed by atoms with E-state index in [0.717, 1.165) is 25.1 Å². The lowest BCUT2D eigenvalue weighted by Crippen LogP contribution is -2.40. The Morgan fingerprint density at radius 2 is 1.58 bits per heavy atom. The van der Waals surface area contributed by atoms with Gasteiger partial charge in [0.05, 0.1) is 34.5 Å². The maximum Gasteiger partial charge on any atom is 0.241 e. The molecule has 9 nitrogen and oxygen atoms in total. The molecule has 1 unspecified atom stereocenters. The number of rotatable bonds is 10. The van der Waals surface area contributed by atoms with E-state index in [2.05, 4.69) is 10.6 Å². The van der Waals surface area contributed by atoms with Gasteiger partial charge in [-0.25, -0.2) is 0 Å². The highest BCUT2D eigenvalue weighted by Crippen LogP contribution is 2.40. The first-order valence-electron chi connectivity index (χ1n) is 10.8. The molecule has 1 aliphatic heterocycles. The molecule has 0 aliphatic carbocycles. The molecule has 2 amide bonds. The summed E-state index contributed by atoms with van der Waals surface area (Å²) in [5.41, 5.74) is 1.26. The van der Waals surface area contributed by atoms with Crippen LogP contribution in [-0.2, 0) is 9.59 Å². The number of likely N-dealkylation sites (tertiary alicyclic amines) is 1. The van der Waals surface area contributed by atoms with E-state index in [-0.39, 0.29) is 24.3 Å². The predicted octanol–water partition coefficient (Wildman–Crippen LogP) is 3.15. The van der Waals surface area contributed by atoms with Gasteiger partial charge in [-0.1, -0.05) is 0 Å². The molecule has 1 atom stereocenters. The summed E-state index contributed by atoms with van der Waals surface area (Å²) in [5.74, 6) is 1.88. The third-order valence-electron chi connectivity index (χ3n) is 5.60. The van der Waals surface area contributed by atoms with Crippen LogP contribution in [0.3, 0.4) is 0 Å². The van der Waals surface area contributed by atoms with Crippen molar-refractivity contribution in [2.75, 3.05) is 52.2 Å². The quantitative estimate of drug-likeness (QED) is 0.566. The minimum absolute atomic E-state index is 0.0669. The maximum atomic E-state index is 12.8. The molecule has 0 bridgehead atoms. The van der Waals surface area contributed by atoms with Gasteiger partial charge in [0, 0.05) is 36.5 Å². The van der Waals surface area contributed by atoms with Crippen LogP contribution >= 0.6 is 0 Å². The Kier molecular flexibility index (Phi) is 8.37. The molecular formula is C24H31N3O6. The monoisotopic (exact) mass is 457 g/mol. The topological polar surface area (TPSA) is 98.4 Å². The lowest BCUT2D eigenvalue weighted by molar-refractivity contribution is -0.121. The van der Waals surface area contributed by atoms with Crippen molar-refractivity contribution in [2.45, 2.75) is 25.3 Å². The lowest BCUT2D eigenvalue weighted by atomic mass is 10.2. The number of amides is 2. The van der Waals surface area contributed by atoms with Crippen LogP contribution in [-0.4, -0.2) is 64.3 Å². The van der Waals surface area contributed by atoms with Gasteiger partial charge in [-0.05, 0) is 43.7 Å². The number of methoxy groups -OCH3 is 4. The van der Waals surface area contributed by atoms with Gasteiger partial charge in [-0.2, -0.15) is 0 Å². The zero-order valence-electron chi connectivity index (χ0n) is 19.5. The summed E-state index contributed by atoms with van der Waals surface area (Å²) in [5, 5.41) is 5.82. The Morgan fingerprint density at radius 3 is 2.15 bits per heavy atom. The van der Waals surface area contributed by atoms with Gasteiger partial charge in [0.15, 0.2) is 11.5 Å². The van der Waals surface area contributed by atoms with Crippen LogP contribution in [0.4, 0.5) is 11.4 Å². The molecule has 0 spiro atoms. The second kappa shape index (κ2) is 11.4. The van der Waals surface area contributed by atoms with E-state index in [4.69, 9.17) is 18.9 Å². The van der Waals surface area contributed by atoms with Crippen LogP contribution in [0.25, 0.3) is 0 Å². The standard InChI is InChI=1S/C24H31N3O6/c1-30-18-9-7-16(8-10-18)26-24(29)19-6-5-12-27(19)13-11-22(28)25-17-14-20(31-2)23(33-4)21(15-17)32-3/h7-10,14-15,19H,5-6,11-13H2,1-4H3,(H,25,28)(H,26,29). The number of carbonyl (C=O) groups excluding carboxylic acids is 2. The fourth-order valence-corrected chi connectivity index (χ4v) is 3.91. The fourth-order valence-electron chi connectivity index (χ4n) is 3.91. The number of carbonyl (C=O) groups is 2. The molecule has 0 aromatic heterocycles. The first-order valence-corrected chi connectivity index (χ1v) is 10.8. The van der Waals surface area contributed by atoms with Crippen molar-refractivity contribution in [3.05, 3.63) is 36.4 Å². The van der Waals surface area contributed by atoms with E-state index >= 15 is 0 Å². The van der Waals surface area contributed by atoms with E-state index in [1.54, 1.807) is 43.5 Å². The van der Waals surface area contributed by atoms with Crippen LogP contribution in [0.15, 0.2) is 36.4 Å². The zero-order valence-corrected chi connectivity index (χ0v) is 19.5. The molecule has 9 heteroatoms. The van der Waals surface area contributed by atoms with Gasteiger partial charge in [0.25, 0.3) is 0 Å². The second-order valence-electron chi connectivity index (χ2n) is 7.62. The molecule has 1 heterocycles. The number of benzene rings is 2. The molecule has 178 valence electrons. The van der Waals surface area contributed by atoms with Crippen molar-refractivity contribution in [1.82, 2.24) is 4.90 Å². The molecule has 0 radical (unpaired) electrons. The number of hydrogen-bond donors (Lipinski definition) is 2. The Morgan fingerprint density at radius 1 is 0.909 bits per heavy atom. The van der Waals surface area contributed by atoms with Crippen molar-refractivity contribution < 1.29 is 28.5 Å². The molecule has 1 aliphatic rings. The van der Waals surface area contributed by atoms with Gasteiger partial charge < -0.3 is 29.6 Å². The zero-order chi connectivity index (χ0) is 23.8. The van der Waals surface area contributed by atoms with Crippen molar-refractivity contribution in [1.29, 1.82) is 0 Å². The van der Waals surface area contributed by atoms with Crippen LogP contribution in [0.2, 0.25) is 0 Å². The number of ether oxygens (including phenoxy) is 4. The molecule has 33 heavy (non-hydrogen) atoms. The summed E-state index contributed by atoms with van der Waals surface area (Å²) in [4.78, 5) is 27.4. The van der Waals surface area contributed by atoms with Gasteiger partial charge in [-0.15, -0.1) is 0 Å². The molecule has 1 saturated heterocycles. The number of hydrogen-bond acceptors (Lipinski definition) is 7. The maximum absolute atomic E-state index is 12.8. The highest BCUT2D eigenvalue weighted by atomic mass is 16.5. The van der Waals surface area contributed by atoms with Crippen LogP contribution < -0.4 is 29.6 Å². The molecule has 3 rings (SSSR count). The van der Waals surface area contributed by atoms with Gasteiger partial charge in [0.1, 0.15) is 5.75 Å². The Balaban J connectivity index is 1.56. The summed E-state index contributed by atoms with van der Waals surface area (Å²) in [6.45, 7) is 1.26. The molecule has 1 fully saturated rings. The molecule has 2 aromatic rings. The predicted molar refractivity (Wildman–Crippen MR) is 126 cm³/mol. The van der Waals surface area contributed by atoms with Crippen molar-refractivity contribution in [3.63, 3.8) is 0 Å². The van der Waals surface area contributed by atoms with E-state index in [1.807, 2.05) is 4.90 Å². The van der Waals surface area contributed by atoms with E-state index in [1.165, 1.54) is 21.3 Å². The largest absolute Gasteiger partial charge is 0.497 e. The minimum Gasteiger partial charge on any atom is -0.497 e. The highest BCUT2D eigenvalue weighted by Gasteiger charge is 2.30. The van der Waals surface area contributed by atoms with Crippen molar-refractivity contribution >= 4 is 23.2 Å². The Bertz CT molecular complexity index is 938. The first kappa shape index (κ1) is 24.2. The smallest absolute Gasteiger partial charge is 0.241 e. The molecule has 0 saturated carbocycles. The minimum atomic E-state index is -0.263. The van der Waals surface area contributed by atoms with E-state index in [0.29, 0.717) is 35.2 Å². The van der Waals surface area contributed by atoms with Gasteiger partial charge in [-0.3, -0.25) is 14.5 Å². The Hall–Kier alpha value is -3.46. The van der Waals surface area contributed by atoms with E-state index < -0.39 is 0 Å². The van der Waals surface area contributed by atoms with Crippen molar-refractivity contribution in [3.8, 4) is 23.0 Å². The lowest BCUT2D eigenvalue weighted by Gasteiger charge is -2.23. The number of anilines is 2. The summed E-state index contributed by atoms with van der Waals surface area (Å²) >= 11 is 0. The van der Waals surface area contributed by atoms with E-state index in [9.17, 15) is 9.59 Å². The van der Waals surface area contributed by atoms with Crippen LogP contribution in [0, 0.1) is 0 Å². The van der Waals surface area contributed by atoms with Crippen molar-refractivity contribution in [2.24, 2.45) is 0 Å². The highest BCUT2D eigenvalue weighted by molar-refractivity contribution is 5.95. The molecular weight excluding hydrogens is 426 g/mol. The molecule has 2 aromatic carbocycles. The third kappa shape index (κ3) is 6.07. The summed E-state index contributed by atoms with van der Waals surface area (Å²) in [6, 6.07) is 10.3. The fraction of sp³-hybridized carbons (Fsp3) is 0.417. The van der Waals surface area contributed by atoms with Gasteiger partial charge in [0.2, 0.25) is 17.6 Å². The Labute approximate surface area is 193 Å². The number of nitrogens with one attached hydrogen (secondary N) is 2. The third-order valence-corrected chi connectivity index (χ3v) is 5.60. The average Bonchev–Trinajstić information content (AvgIpc) is 3.31. The first-order chi connectivity index (χ1) is 16.0. The second-order valence-corrected chi connectivity index (χ2v) is 7.62. The average molecular weight is 458 g/mol. The normalized spacial score (nSPS) is 15.6. The number of nitrogens with zero attached hydrogens (tertiary/aromatic N) is 1. The van der Waals surface area contributed by atoms with Crippen LogP contribution in [0.1, 0.15) is 19.3 Å². The molecule has 2 N–H and O–H groups in total. The summed E-state index contributed by atoms with van der Waals surface area (Å²) in [7, 11) is 6.17. The SMILES string of the molecule is COc1ccc(NC(=O)C2CCCN2CCC(=O)Nc2cc(OC)c(OC)c(OC)c2)cc1. The summed E-state index contributed by atoms with van der Waals surface area (Å²) < 4.78 is 21.1. The summed E-state index contributed by atoms with van der Waals surface area (Å²) in [6.07, 6.45) is 1.93. The van der Waals surface area contributed by atoms with Crippen LogP contribution in [0.5, 0.6) is 23.0 Å².